The van der Waals surface area contributed by atoms with Gasteiger partial charge in [0.25, 0.3) is 0 Å². The number of rotatable bonds is 6. The van der Waals surface area contributed by atoms with Crippen LogP contribution in [0.2, 0.25) is 0 Å². The van der Waals surface area contributed by atoms with E-state index in [4.69, 9.17) is 4.74 Å². The summed E-state index contributed by atoms with van der Waals surface area (Å²) in [4.78, 5) is 13.1. The van der Waals surface area contributed by atoms with Crippen molar-refractivity contribution in [2.75, 3.05) is 32.1 Å². The maximum Gasteiger partial charge on any atom is 0.316 e. The van der Waals surface area contributed by atoms with Gasteiger partial charge in [-0.05, 0) is 27.9 Å². The lowest BCUT2D eigenvalue weighted by Gasteiger charge is -2.09. The summed E-state index contributed by atoms with van der Waals surface area (Å²) in [5.74, 6) is 1.32. The summed E-state index contributed by atoms with van der Waals surface area (Å²) in [6, 6.07) is 0. The van der Waals surface area contributed by atoms with Crippen LogP contribution in [0.5, 0.6) is 0 Å². The van der Waals surface area contributed by atoms with Gasteiger partial charge in [0.1, 0.15) is 0 Å². The second-order valence-corrected chi connectivity index (χ2v) is 4.50. The number of carbonyl (C=O) groups is 1. The van der Waals surface area contributed by atoms with Crippen molar-refractivity contribution in [2.45, 2.75) is 20.0 Å². The summed E-state index contributed by atoms with van der Waals surface area (Å²) in [7, 11) is 4.04. The molecule has 0 radical (unpaired) electrons. The number of hydrogen-bond donors (Lipinski definition) is 0. The van der Waals surface area contributed by atoms with Crippen molar-refractivity contribution in [2.24, 2.45) is 0 Å². The number of hydrogen-bond acceptors (Lipinski definition) is 4. The third kappa shape index (κ3) is 9.70. The Morgan fingerprint density at radius 2 is 2.08 bits per heavy atom. The van der Waals surface area contributed by atoms with Gasteiger partial charge in [-0.15, -0.1) is 11.8 Å². The molecule has 0 aromatic rings. The molecule has 0 fully saturated rings. The Bertz CT molecular complexity index is 149. The molecule has 0 N–H and O–H groups in total. The Morgan fingerprint density at radius 3 is 2.54 bits per heavy atom. The van der Waals surface area contributed by atoms with E-state index in [2.05, 4.69) is 4.90 Å². The van der Waals surface area contributed by atoms with E-state index >= 15 is 0 Å². The van der Waals surface area contributed by atoms with Gasteiger partial charge in [-0.25, -0.2) is 0 Å². The van der Waals surface area contributed by atoms with Gasteiger partial charge in [-0.3, -0.25) is 4.79 Å². The Hall–Kier alpha value is -0.220. The zero-order valence-corrected chi connectivity index (χ0v) is 9.69. The number of ether oxygens (including phenoxy) is 1. The van der Waals surface area contributed by atoms with Gasteiger partial charge in [0.05, 0.1) is 11.9 Å². The highest BCUT2D eigenvalue weighted by Gasteiger charge is 2.04. The summed E-state index contributed by atoms with van der Waals surface area (Å²) in [6.07, 6.45) is 0.00180. The second kappa shape index (κ2) is 7.21. The molecule has 0 unspecified atom stereocenters. The molecule has 0 aliphatic heterocycles. The van der Waals surface area contributed by atoms with E-state index in [1.54, 1.807) is 11.8 Å². The van der Waals surface area contributed by atoms with Crippen LogP contribution in [-0.2, 0) is 9.53 Å². The molecule has 0 heterocycles. The Morgan fingerprint density at radius 1 is 1.46 bits per heavy atom. The molecule has 78 valence electrons. The second-order valence-electron chi connectivity index (χ2n) is 3.39. The van der Waals surface area contributed by atoms with Gasteiger partial charge in [-0.1, -0.05) is 0 Å². The predicted molar refractivity (Wildman–Crippen MR) is 57.1 cm³/mol. The van der Waals surface area contributed by atoms with Crippen LogP contribution in [0.3, 0.4) is 0 Å². The predicted octanol–water partition coefficient (Wildman–Crippen LogP) is 1.23. The van der Waals surface area contributed by atoms with E-state index in [9.17, 15) is 4.79 Å². The number of carbonyl (C=O) groups excluding carboxylic acids is 1. The minimum absolute atomic E-state index is 0.00180. The fraction of sp³-hybridized carbons (Fsp3) is 0.889. The smallest absolute Gasteiger partial charge is 0.316 e. The van der Waals surface area contributed by atoms with Crippen molar-refractivity contribution in [3.63, 3.8) is 0 Å². The Balaban J connectivity index is 3.27. The molecule has 13 heavy (non-hydrogen) atoms. The highest BCUT2D eigenvalue weighted by atomic mass is 32.2. The molecule has 0 spiro atoms. The maximum atomic E-state index is 11.0. The zero-order chi connectivity index (χ0) is 10.3. The van der Waals surface area contributed by atoms with Crippen LogP contribution in [0.25, 0.3) is 0 Å². The quantitative estimate of drug-likeness (QED) is 0.482. The summed E-state index contributed by atoms with van der Waals surface area (Å²) in [5.41, 5.74) is 0. The molecule has 0 aliphatic rings. The topological polar surface area (TPSA) is 29.5 Å². The van der Waals surface area contributed by atoms with Crippen LogP contribution < -0.4 is 0 Å². The molecule has 0 aliphatic carbocycles. The van der Waals surface area contributed by atoms with E-state index in [0.717, 1.165) is 12.3 Å². The van der Waals surface area contributed by atoms with E-state index < -0.39 is 0 Å². The molecule has 0 saturated carbocycles. The summed E-state index contributed by atoms with van der Waals surface area (Å²) in [6.45, 7) is 4.73. The largest absolute Gasteiger partial charge is 0.462 e. The molecular formula is C9H19NO2S. The summed E-state index contributed by atoms with van der Waals surface area (Å²) in [5, 5.41) is 0. The lowest BCUT2D eigenvalue weighted by molar-refractivity contribution is -0.144. The average Bonchev–Trinajstić information content (AvgIpc) is 1.96. The SMILES string of the molecule is CC(C)OC(=O)CSCCN(C)C. The third-order valence-electron chi connectivity index (χ3n) is 1.27. The van der Waals surface area contributed by atoms with Crippen molar-refractivity contribution in [1.82, 2.24) is 4.90 Å². The van der Waals surface area contributed by atoms with Crippen LogP contribution in [0.4, 0.5) is 0 Å². The number of thioether (sulfide) groups is 1. The van der Waals surface area contributed by atoms with Crippen molar-refractivity contribution >= 4 is 17.7 Å². The molecule has 0 rings (SSSR count). The van der Waals surface area contributed by atoms with Crippen molar-refractivity contribution < 1.29 is 9.53 Å². The fourth-order valence-corrected chi connectivity index (χ4v) is 1.57. The number of nitrogens with zero attached hydrogens (tertiary/aromatic N) is 1. The summed E-state index contributed by atoms with van der Waals surface area (Å²) < 4.78 is 4.98. The first-order valence-corrected chi connectivity index (χ1v) is 5.59. The van der Waals surface area contributed by atoms with Gasteiger partial charge in [0.2, 0.25) is 0 Å². The molecule has 4 heteroatoms. The van der Waals surface area contributed by atoms with E-state index in [1.807, 2.05) is 27.9 Å². The monoisotopic (exact) mass is 205 g/mol. The van der Waals surface area contributed by atoms with Crippen LogP contribution >= 0.6 is 11.8 Å². The lowest BCUT2D eigenvalue weighted by atomic mass is 10.5. The molecule has 0 atom stereocenters. The highest BCUT2D eigenvalue weighted by Crippen LogP contribution is 2.02. The fourth-order valence-electron chi connectivity index (χ4n) is 0.700. The van der Waals surface area contributed by atoms with Gasteiger partial charge >= 0.3 is 5.97 Å². The molecule has 0 bridgehead atoms. The lowest BCUT2D eigenvalue weighted by Crippen LogP contribution is -2.17. The molecule has 0 aromatic carbocycles. The third-order valence-corrected chi connectivity index (χ3v) is 2.18. The average molecular weight is 205 g/mol. The molecular weight excluding hydrogens is 186 g/mol. The van der Waals surface area contributed by atoms with Crippen molar-refractivity contribution in [1.29, 1.82) is 0 Å². The Kier molecular flexibility index (Phi) is 7.09. The Labute approximate surface area is 84.8 Å². The van der Waals surface area contributed by atoms with Gasteiger partial charge < -0.3 is 9.64 Å². The standard InChI is InChI=1S/C9H19NO2S/c1-8(2)12-9(11)7-13-6-5-10(3)4/h8H,5-7H2,1-4H3. The first-order valence-electron chi connectivity index (χ1n) is 4.44. The number of esters is 1. The van der Waals surface area contributed by atoms with Crippen LogP contribution in [0.15, 0.2) is 0 Å². The molecule has 0 aromatic heterocycles. The van der Waals surface area contributed by atoms with Crippen molar-refractivity contribution in [3.8, 4) is 0 Å². The minimum Gasteiger partial charge on any atom is -0.462 e. The van der Waals surface area contributed by atoms with Crippen LogP contribution in [-0.4, -0.2) is 49.1 Å². The van der Waals surface area contributed by atoms with Crippen LogP contribution in [0.1, 0.15) is 13.8 Å². The molecule has 3 nitrogen and oxygen atoms in total. The van der Waals surface area contributed by atoms with Gasteiger partial charge in [0, 0.05) is 12.3 Å². The molecule has 0 amide bonds. The first kappa shape index (κ1) is 12.8. The van der Waals surface area contributed by atoms with E-state index in [0.29, 0.717) is 5.75 Å². The van der Waals surface area contributed by atoms with Crippen LogP contribution in [0, 0.1) is 0 Å². The normalized spacial score (nSPS) is 10.9. The van der Waals surface area contributed by atoms with E-state index in [1.165, 1.54) is 0 Å². The van der Waals surface area contributed by atoms with Crippen molar-refractivity contribution in [3.05, 3.63) is 0 Å². The minimum atomic E-state index is -0.112. The highest BCUT2D eigenvalue weighted by molar-refractivity contribution is 7.99. The first-order chi connectivity index (χ1) is 6.02. The molecule has 0 saturated heterocycles. The van der Waals surface area contributed by atoms with Gasteiger partial charge in [-0.2, -0.15) is 0 Å². The van der Waals surface area contributed by atoms with Gasteiger partial charge in [0.15, 0.2) is 0 Å². The van der Waals surface area contributed by atoms with E-state index in [-0.39, 0.29) is 12.1 Å². The maximum absolute atomic E-state index is 11.0. The summed E-state index contributed by atoms with van der Waals surface area (Å²) >= 11 is 1.62. The zero-order valence-electron chi connectivity index (χ0n) is 8.87.